The number of nitrogens with zero attached hydrogens (tertiary/aromatic N) is 1. The molecule has 1 aromatic rings. The molecule has 4 nitrogen and oxygen atoms in total. The van der Waals surface area contributed by atoms with Gasteiger partial charge in [-0.15, -0.1) is 0 Å². The Morgan fingerprint density at radius 3 is 2.65 bits per heavy atom. The lowest BCUT2D eigenvalue weighted by molar-refractivity contribution is 0.0932. The third-order valence-electron chi connectivity index (χ3n) is 3.36. The Morgan fingerprint density at radius 1 is 1.45 bits per heavy atom. The number of amides is 1. The Kier molecular flexibility index (Phi) is 5.72. The fourth-order valence-corrected chi connectivity index (χ4v) is 1.39. The van der Waals surface area contributed by atoms with Crippen LogP contribution in [0.1, 0.15) is 43.7 Å². The molecule has 0 saturated carbocycles. The van der Waals surface area contributed by atoms with Gasteiger partial charge < -0.3 is 10.4 Å². The van der Waals surface area contributed by atoms with Gasteiger partial charge in [0.05, 0.1) is 0 Å². The van der Waals surface area contributed by atoms with Gasteiger partial charge in [-0.1, -0.05) is 39.5 Å². The zero-order chi connectivity index (χ0) is 15.2. The fraction of sp³-hybridized carbons (Fsp3) is 0.500. The molecule has 0 aliphatic heterocycles. The zero-order valence-electron chi connectivity index (χ0n) is 12.5. The van der Waals surface area contributed by atoms with Crippen LogP contribution in [0.3, 0.4) is 0 Å². The molecular formula is C16H22N2O2. The second kappa shape index (κ2) is 7.06. The van der Waals surface area contributed by atoms with Gasteiger partial charge in [-0.2, -0.15) is 0 Å². The summed E-state index contributed by atoms with van der Waals surface area (Å²) in [6, 6.07) is 3.36. The van der Waals surface area contributed by atoms with E-state index in [0.29, 0.717) is 23.7 Å². The van der Waals surface area contributed by atoms with Gasteiger partial charge in [-0.05, 0) is 23.5 Å². The van der Waals surface area contributed by atoms with Gasteiger partial charge in [0.2, 0.25) is 0 Å². The Labute approximate surface area is 120 Å². The molecule has 0 spiro atoms. The average molecular weight is 274 g/mol. The van der Waals surface area contributed by atoms with E-state index in [9.17, 15) is 4.79 Å². The molecule has 1 rings (SSSR count). The number of aromatic nitrogens is 1. The zero-order valence-corrected chi connectivity index (χ0v) is 12.5. The average Bonchev–Trinajstić information content (AvgIpc) is 2.41. The van der Waals surface area contributed by atoms with Crippen LogP contribution >= 0.6 is 0 Å². The molecule has 1 unspecified atom stereocenters. The molecule has 1 amide bonds. The number of carbonyl (C=O) groups excluding carboxylic acids is 1. The summed E-state index contributed by atoms with van der Waals surface area (Å²) in [4.78, 5) is 16.0. The monoisotopic (exact) mass is 274 g/mol. The van der Waals surface area contributed by atoms with Gasteiger partial charge >= 0.3 is 0 Å². The molecule has 1 atom stereocenters. The molecule has 108 valence electrons. The molecule has 0 bridgehead atoms. The summed E-state index contributed by atoms with van der Waals surface area (Å²) in [5.74, 6) is 5.47. The summed E-state index contributed by atoms with van der Waals surface area (Å²) < 4.78 is 0. The normalized spacial score (nSPS) is 12.2. The molecule has 4 heteroatoms. The molecular weight excluding hydrogens is 252 g/mol. The number of aliphatic hydroxyl groups excluding tert-OH is 1. The number of carbonyl (C=O) groups is 1. The lowest BCUT2D eigenvalue weighted by Crippen LogP contribution is -2.34. The minimum Gasteiger partial charge on any atom is -0.384 e. The van der Waals surface area contributed by atoms with Gasteiger partial charge in [0.1, 0.15) is 12.3 Å². The molecule has 1 heterocycles. The second-order valence-electron chi connectivity index (χ2n) is 5.87. The first-order valence-electron chi connectivity index (χ1n) is 6.68. The molecule has 0 saturated heterocycles. The summed E-state index contributed by atoms with van der Waals surface area (Å²) in [5.41, 5.74) is 1.21. The van der Waals surface area contributed by atoms with E-state index < -0.39 is 0 Å². The largest absolute Gasteiger partial charge is 0.384 e. The van der Waals surface area contributed by atoms with Gasteiger partial charge in [0.25, 0.3) is 5.91 Å². The van der Waals surface area contributed by atoms with Crippen molar-refractivity contribution >= 4 is 5.91 Å². The van der Waals surface area contributed by atoms with Crippen LogP contribution in [0.15, 0.2) is 18.3 Å². The van der Waals surface area contributed by atoms with Gasteiger partial charge in [-0.25, -0.2) is 4.98 Å². The van der Waals surface area contributed by atoms with Crippen molar-refractivity contribution < 1.29 is 9.90 Å². The molecule has 2 N–H and O–H groups in total. The maximum absolute atomic E-state index is 12.0. The van der Waals surface area contributed by atoms with Gasteiger partial charge in [0, 0.05) is 18.3 Å². The number of nitrogens with one attached hydrogen (secondary N) is 1. The highest BCUT2D eigenvalue weighted by Crippen LogP contribution is 2.24. The predicted octanol–water partition coefficient (Wildman–Crippen LogP) is 1.84. The van der Waals surface area contributed by atoms with Crippen molar-refractivity contribution in [1.82, 2.24) is 10.3 Å². The van der Waals surface area contributed by atoms with Crippen molar-refractivity contribution in [3.63, 3.8) is 0 Å². The maximum atomic E-state index is 12.0. The number of pyridine rings is 1. The molecule has 0 aliphatic rings. The van der Waals surface area contributed by atoms with Crippen LogP contribution in [-0.4, -0.2) is 29.1 Å². The number of hydrogen-bond donors (Lipinski definition) is 2. The molecule has 0 aliphatic carbocycles. The van der Waals surface area contributed by atoms with E-state index in [4.69, 9.17) is 5.11 Å². The molecule has 0 fully saturated rings. The number of rotatable bonds is 3. The van der Waals surface area contributed by atoms with Crippen LogP contribution in [0.25, 0.3) is 0 Å². The lowest BCUT2D eigenvalue weighted by atomic mass is 9.82. The van der Waals surface area contributed by atoms with Crippen LogP contribution < -0.4 is 5.32 Å². The third kappa shape index (κ3) is 5.02. The maximum Gasteiger partial charge on any atom is 0.269 e. The Morgan fingerprint density at radius 2 is 2.15 bits per heavy atom. The quantitative estimate of drug-likeness (QED) is 0.827. The van der Waals surface area contributed by atoms with Crippen LogP contribution in [0.5, 0.6) is 0 Å². The molecule has 20 heavy (non-hydrogen) atoms. The van der Waals surface area contributed by atoms with E-state index in [1.807, 2.05) is 0 Å². The lowest BCUT2D eigenvalue weighted by Gasteiger charge is -2.27. The predicted molar refractivity (Wildman–Crippen MR) is 79.2 cm³/mol. The third-order valence-corrected chi connectivity index (χ3v) is 3.36. The summed E-state index contributed by atoms with van der Waals surface area (Å²) in [7, 11) is 0. The van der Waals surface area contributed by atoms with Crippen LogP contribution in [0, 0.1) is 23.2 Å². The first-order chi connectivity index (χ1) is 9.34. The van der Waals surface area contributed by atoms with E-state index in [2.05, 4.69) is 49.8 Å². The van der Waals surface area contributed by atoms with Crippen molar-refractivity contribution in [3.8, 4) is 11.8 Å². The first kappa shape index (κ1) is 16.2. The standard InChI is InChI=1S/C16H22N2O2/c1-12(16(2,3)4)10-18-15(20)14-8-7-13(11-17-14)6-5-9-19/h7-8,11-12,19H,9-10H2,1-4H3,(H,18,20). The topological polar surface area (TPSA) is 62.2 Å². The van der Waals surface area contributed by atoms with E-state index in [1.165, 1.54) is 6.20 Å². The van der Waals surface area contributed by atoms with Crippen molar-refractivity contribution in [2.45, 2.75) is 27.7 Å². The van der Waals surface area contributed by atoms with Gasteiger partial charge in [-0.3, -0.25) is 4.79 Å². The van der Waals surface area contributed by atoms with Crippen molar-refractivity contribution in [1.29, 1.82) is 0 Å². The Balaban J connectivity index is 2.60. The highest BCUT2D eigenvalue weighted by Gasteiger charge is 2.20. The molecule has 0 aromatic carbocycles. The number of aliphatic hydroxyl groups is 1. The second-order valence-corrected chi connectivity index (χ2v) is 5.87. The summed E-state index contributed by atoms with van der Waals surface area (Å²) in [6.07, 6.45) is 1.53. The molecule has 1 aromatic heterocycles. The molecule has 0 radical (unpaired) electrons. The van der Waals surface area contributed by atoms with Crippen molar-refractivity contribution in [2.75, 3.05) is 13.2 Å². The van der Waals surface area contributed by atoms with Crippen LogP contribution in [0.4, 0.5) is 0 Å². The van der Waals surface area contributed by atoms with E-state index in [0.717, 1.165) is 0 Å². The summed E-state index contributed by atoms with van der Waals surface area (Å²) in [6.45, 7) is 8.99. The smallest absolute Gasteiger partial charge is 0.269 e. The fourth-order valence-electron chi connectivity index (χ4n) is 1.39. The number of hydrogen-bond acceptors (Lipinski definition) is 3. The van der Waals surface area contributed by atoms with E-state index in [1.54, 1.807) is 12.1 Å². The van der Waals surface area contributed by atoms with Crippen LogP contribution in [0.2, 0.25) is 0 Å². The Hall–Kier alpha value is -1.86. The SMILES string of the molecule is CC(CNC(=O)c1ccc(C#CCO)cn1)C(C)(C)C. The van der Waals surface area contributed by atoms with E-state index >= 15 is 0 Å². The summed E-state index contributed by atoms with van der Waals surface area (Å²) >= 11 is 0. The highest BCUT2D eigenvalue weighted by molar-refractivity contribution is 5.92. The first-order valence-corrected chi connectivity index (χ1v) is 6.68. The van der Waals surface area contributed by atoms with Gasteiger partial charge in [0.15, 0.2) is 0 Å². The minimum atomic E-state index is -0.188. The highest BCUT2D eigenvalue weighted by atomic mass is 16.2. The van der Waals surface area contributed by atoms with Crippen molar-refractivity contribution in [2.24, 2.45) is 11.3 Å². The minimum absolute atomic E-state index is 0.157. The summed E-state index contributed by atoms with van der Waals surface area (Å²) in [5, 5.41) is 11.5. The van der Waals surface area contributed by atoms with E-state index in [-0.39, 0.29) is 17.9 Å². The Bertz CT molecular complexity index is 504. The van der Waals surface area contributed by atoms with Crippen molar-refractivity contribution in [3.05, 3.63) is 29.6 Å². The van der Waals surface area contributed by atoms with Crippen LogP contribution in [-0.2, 0) is 0 Å².